The Morgan fingerprint density at radius 1 is 1.38 bits per heavy atom. The van der Waals surface area contributed by atoms with Gasteiger partial charge in [0.05, 0.1) is 17.7 Å². The molecule has 0 aliphatic carbocycles. The minimum Gasteiger partial charge on any atom is -0.489 e. The van der Waals surface area contributed by atoms with Crippen molar-refractivity contribution in [3.63, 3.8) is 0 Å². The molecule has 1 aromatic rings. The highest BCUT2D eigenvalue weighted by Crippen LogP contribution is 2.28. The number of hydrogen-bond donors (Lipinski definition) is 2. The Morgan fingerprint density at radius 2 is 2.08 bits per heavy atom. The van der Waals surface area contributed by atoms with E-state index in [2.05, 4.69) is 5.32 Å². The second kappa shape index (κ2) is 9.75. The van der Waals surface area contributed by atoms with Gasteiger partial charge >= 0.3 is 0 Å². The summed E-state index contributed by atoms with van der Waals surface area (Å²) in [5, 5.41) is 3.13. The van der Waals surface area contributed by atoms with Crippen molar-refractivity contribution in [1.29, 1.82) is 0 Å². The molecule has 1 fully saturated rings. The molecule has 0 bridgehead atoms. The summed E-state index contributed by atoms with van der Waals surface area (Å²) in [4.78, 5) is 25.7. The average Bonchev–Trinajstić information content (AvgIpc) is 2.63. The van der Waals surface area contributed by atoms with Gasteiger partial charge in [-0.3, -0.25) is 9.59 Å². The van der Waals surface area contributed by atoms with Crippen molar-refractivity contribution >= 4 is 23.4 Å². The number of likely N-dealkylation sites (tertiary alicyclic amines) is 1. The zero-order chi connectivity index (χ0) is 19.1. The zero-order valence-corrected chi connectivity index (χ0v) is 15.9. The van der Waals surface area contributed by atoms with E-state index in [-0.39, 0.29) is 17.9 Å². The van der Waals surface area contributed by atoms with Crippen LogP contribution in [0, 0.1) is 0 Å². The number of nitrogens with one attached hydrogen (secondary N) is 1. The normalized spacial score (nSPS) is 16.2. The second-order valence-electron chi connectivity index (χ2n) is 6.33. The lowest BCUT2D eigenvalue weighted by Gasteiger charge is -2.33. The van der Waals surface area contributed by atoms with Gasteiger partial charge in [0.15, 0.2) is 0 Å². The smallest absolute Gasteiger partial charge is 0.251 e. The Hall–Kier alpha value is -1.83. The third-order valence-corrected chi connectivity index (χ3v) is 4.52. The molecule has 2 amide bonds. The minimum absolute atomic E-state index is 0.0222. The van der Waals surface area contributed by atoms with Gasteiger partial charge in [-0.05, 0) is 25.1 Å². The molecule has 2 rings (SSSR count). The van der Waals surface area contributed by atoms with Crippen molar-refractivity contribution in [3.8, 4) is 5.75 Å². The molecule has 3 N–H and O–H groups in total. The molecule has 0 saturated carbocycles. The molecule has 26 heavy (non-hydrogen) atoms. The van der Waals surface area contributed by atoms with Gasteiger partial charge in [0.1, 0.15) is 11.9 Å². The van der Waals surface area contributed by atoms with Crippen LogP contribution >= 0.6 is 11.6 Å². The first kappa shape index (κ1) is 20.5. The summed E-state index contributed by atoms with van der Waals surface area (Å²) in [6.07, 6.45) is 1.41. The number of benzene rings is 1. The van der Waals surface area contributed by atoms with Gasteiger partial charge in [-0.1, -0.05) is 11.6 Å². The van der Waals surface area contributed by atoms with Gasteiger partial charge in [0.2, 0.25) is 5.91 Å². The van der Waals surface area contributed by atoms with Gasteiger partial charge in [-0.25, -0.2) is 0 Å². The van der Waals surface area contributed by atoms with Gasteiger partial charge in [-0.2, -0.15) is 0 Å². The number of rotatable bonds is 7. The summed E-state index contributed by atoms with van der Waals surface area (Å²) in [5.74, 6) is 0.292. The molecule has 1 aliphatic heterocycles. The first-order valence-corrected chi connectivity index (χ1v) is 9.08. The standard InChI is InChI=1S/C18H26ClN3O4/c1-12(20)18(24)22-8-5-14(6-9-22)26-16-4-3-13(11-15(16)19)17(23)21-7-10-25-2/h3-4,11-12,14H,5-10,20H2,1-2H3,(H,21,23)/t12-/m1/s1. The minimum atomic E-state index is -0.482. The lowest BCUT2D eigenvalue weighted by molar-refractivity contribution is -0.133. The van der Waals surface area contributed by atoms with Gasteiger partial charge in [-0.15, -0.1) is 0 Å². The average molecular weight is 384 g/mol. The Morgan fingerprint density at radius 3 is 2.65 bits per heavy atom. The molecule has 1 atom stereocenters. The number of hydrogen-bond acceptors (Lipinski definition) is 5. The van der Waals surface area contributed by atoms with E-state index in [1.165, 1.54) is 0 Å². The summed E-state index contributed by atoms with van der Waals surface area (Å²) in [5.41, 5.74) is 6.11. The molecule has 144 valence electrons. The van der Waals surface area contributed by atoms with Crippen LogP contribution in [0.5, 0.6) is 5.75 Å². The molecule has 1 saturated heterocycles. The fourth-order valence-electron chi connectivity index (χ4n) is 2.77. The number of carbonyl (C=O) groups excluding carboxylic acids is 2. The maximum Gasteiger partial charge on any atom is 0.251 e. The lowest BCUT2D eigenvalue weighted by Crippen LogP contribution is -2.47. The molecule has 7 nitrogen and oxygen atoms in total. The molecule has 0 spiro atoms. The van der Waals surface area contributed by atoms with Crippen molar-refractivity contribution in [3.05, 3.63) is 28.8 Å². The van der Waals surface area contributed by atoms with Crippen LogP contribution in [0.3, 0.4) is 0 Å². The summed E-state index contributed by atoms with van der Waals surface area (Å²) in [7, 11) is 1.58. The second-order valence-corrected chi connectivity index (χ2v) is 6.73. The van der Waals surface area contributed by atoms with Gasteiger partial charge in [0, 0.05) is 45.1 Å². The van der Waals surface area contributed by atoms with E-state index in [9.17, 15) is 9.59 Å². The monoisotopic (exact) mass is 383 g/mol. The number of nitrogens with two attached hydrogens (primary N) is 1. The summed E-state index contributed by atoms with van der Waals surface area (Å²) < 4.78 is 10.9. The Bertz CT molecular complexity index is 631. The van der Waals surface area contributed by atoms with E-state index in [0.29, 0.717) is 55.4 Å². The van der Waals surface area contributed by atoms with E-state index >= 15 is 0 Å². The number of amides is 2. The van der Waals surface area contributed by atoms with Crippen LogP contribution in [0.25, 0.3) is 0 Å². The van der Waals surface area contributed by atoms with Crippen LogP contribution in [0.15, 0.2) is 18.2 Å². The SMILES string of the molecule is COCCNC(=O)c1ccc(OC2CCN(C(=O)[C@@H](C)N)CC2)c(Cl)c1. The Balaban J connectivity index is 1.89. The zero-order valence-electron chi connectivity index (χ0n) is 15.2. The van der Waals surface area contributed by atoms with Crippen LogP contribution < -0.4 is 15.8 Å². The molecule has 1 aromatic carbocycles. The highest BCUT2D eigenvalue weighted by atomic mass is 35.5. The summed E-state index contributed by atoms with van der Waals surface area (Å²) >= 11 is 6.26. The third-order valence-electron chi connectivity index (χ3n) is 4.22. The highest BCUT2D eigenvalue weighted by Gasteiger charge is 2.26. The van der Waals surface area contributed by atoms with E-state index in [1.807, 2.05) is 0 Å². The number of carbonyl (C=O) groups is 2. The predicted molar refractivity (Wildman–Crippen MR) is 99.5 cm³/mol. The highest BCUT2D eigenvalue weighted by molar-refractivity contribution is 6.32. The number of nitrogens with zero attached hydrogens (tertiary/aromatic N) is 1. The quantitative estimate of drug-likeness (QED) is 0.695. The maximum absolute atomic E-state index is 12.0. The van der Waals surface area contributed by atoms with E-state index in [1.54, 1.807) is 37.1 Å². The van der Waals surface area contributed by atoms with Gasteiger partial charge < -0.3 is 25.4 Å². The molecule has 1 aliphatic rings. The van der Waals surface area contributed by atoms with Crippen molar-refractivity contribution in [2.45, 2.75) is 31.9 Å². The number of ether oxygens (including phenoxy) is 2. The maximum atomic E-state index is 12.0. The van der Waals surface area contributed by atoms with Crippen LogP contribution in [0.1, 0.15) is 30.1 Å². The fraction of sp³-hybridized carbons (Fsp3) is 0.556. The predicted octanol–water partition coefficient (Wildman–Crippen LogP) is 1.43. The van der Waals surface area contributed by atoms with Crippen LogP contribution in [-0.2, 0) is 9.53 Å². The number of piperidine rings is 1. The lowest BCUT2D eigenvalue weighted by atomic mass is 10.1. The Kier molecular flexibility index (Phi) is 7.68. The Labute approximate surface area is 158 Å². The molecular formula is C18H26ClN3O4. The summed E-state index contributed by atoms with van der Waals surface area (Å²) in [6, 6.07) is 4.49. The van der Waals surface area contributed by atoms with Gasteiger partial charge in [0.25, 0.3) is 5.91 Å². The molecule has 1 heterocycles. The van der Waals surface area contributed by atoms with E-state index in [4.69, 9.17) is 26.8 Å². The third kappa shape index (κ3) is 5.59. The first-order valence-electron chi connectivity index (χ1n) is 8.70. The molecule has 0 radical (unpaired) electrons. The fourth-order valence-corrected chi connectivity index (χ4v) is 2.99. The molecule has 8 heteroatoms. The molecule has 0 aromatic heterocycles. The topological polar surface area (TPSA) is 93.9 Å². The molecular weight excluding hydrogens is 358 g/mol. The van der Waals surface area contributed by atoms with Crippen LogP contribution in [0.2, 0.25) is 5.02 Å². The van der Waals surface area contributed by atoms with Crippen molar-refractivity contribution in [2.75, 3.05) is 33.4 Å². The summed E-state index contributed by atoms with van der Waals surface area (Å²) in [6.45, 7) is 3.80. The van der Waals surface area contributed by atoms with Crippen LogP contribution in [-0.4, -0.2) is 62.2 Å². The van der Waals surface area contributed by atoms with Crippen molar-refractivity contribution in [2.24, 2.45) is 5.73 Å². The van der Waals surface area contributed by atoms with Crippen LogP contribution in [0.4, 0.5) is 0 Å². The van der Waals surface area contributed by atoms with E-state index < -0.39 is 6.04 Å². The largest absolute Gasteiger partial charge is 0.489 e. The first-order chi connectivity index (χ1) is 12.4. The number of methoxy groups -OCH3 is 1. The van der Waals surface area contributed by atoms with Crippen molar-refractivity contribution < 1.29 is 19.1 Å². The number of halogens is 1. The van der Waals surface area contributed by atoms with E-state index in [0.717, 1.165) is 0 Å². The molecule has 0 unspecified atom stereocenters. The van der Waals surface area contributed by atoms with Crippen molar-refractivity contribution in [1.82, 2.24) is 10.2 Å².